The number of aryl methyl sites for hydroxylation is 2. The summed E-state index contributed by atoms with van der Waals surface area (Å²) in [6, 6.07) is 2.06. The molecule has 2 aromatic heterocycles. The van der Waals surface area contributed by atoms with Crippen LogP contribution in [0.4, 0.5) is 4.79 Å². The molecule has 2 fully saturated rings. The van der Waals surface area contributed by atoms with Crippen molar-refractivity contribution in [1.82, 2.24) is 24.6 Å². The van der Waals surface area contributed by atoms with Crippen molar-refractivity contribution in [1.29, 1.82) is 0 Å². The molecule has 140 valence electrons. The first-order valence-corrected chi connectivity index (χ1v) is 9.83. The maximum absolute atomic E-state index is 12.1. The molecule has 0 spiro atoms. The smallest absolute Gasteiger partial charge is 0.302 e. The number of aliphatic imine (C=N–C) groups is 2. The number of hydrogen-bond acceptors (Lipinski definition) is 6. The molecule has 1 saturated carbocycles. The molecule has 0 N–H and O–H groups in total. The summed E-state index contributed by atoms with van der Waals surface area (Å²) >= 11 is 1.77. The van der Waals surface area contributed by atoms with Crippen LogP contribution >= 0.6 is 11.3 Å². The Labute approximate surface area is 161 Å². The largest absolute Gasteiger partial charge is 0.323 e. The third-order valence-corrected chi connectivity index (χ3v) is 6.67. The van der Waals surface area contributed by atoms with Gasteiger partial charge in [0.1, 0.15) is 5.71 Å². The molecule has 27 heavy (non-hydrogen) atoms. The summed E-state index contributed by atoms with van der Waals surface area (Å²) in [5.41, 5.74) is 2.81. The molecule has 4 heterocycles. The summed E-state index contributed by atoms with van der Waals surface area (Å²) < 4.78 is 1.87. The number of amides is 2. The fraction of sp³-hybridized carbons (Fsp3) is 0.500. The lowest BCUT2D eigenvalue weighted by molar-refractivity contribution is 0.200. The second-order valence-corrected chi connectivity index (χ2v) is 8.70. The molecule has 1 saturated heterocycles. The van der Waals surface area contributed by atoms with Gasteiger partial charge >= 0.3 is 6.03 Å². The predicted molar refractivity (Wildman–Crippen MR) is 104 cm³/mol. The minimum Gasteiger partial charge on any atom is -0.302 e. The third-order valence-electron chi connectivity index (χ3n) is 5.62. The van der Waals surface area contributed by atoms with Crippen LogP contribution in [-0.4, -0.2) is 68.9 Å². The zero-order valence-corrected chi connectivity index (χ0v) is 16.5. The monoisotopic (exact) mass is 383 g/mol. The first-order chi connectivity index (χ1) is 12.9. The third kappa shape index (κ3) is 2.52. The Morgan fingerprint density at radius 3 is 2.67 bits per heavy atom. The highest BCUT2D eigenvalue weighted by molar-refractivity contribution is 7.11. The van der Waals surface area contributed by atoms with E-state index in [2.05, 4.69) is 16.0 Å². The van der Waals surface area contributed by atoms with Gasteiger partial charge in [-0.05, 0) is 19.4 Å². The number of carbonyl (C=O) groups excluding carboxylic acids is 1. The van der Waals surface area contributed by atoms with E-state index in [1.54, 1.807) is 41.4 Å². The van der Waals surface area contributed by atoms with Crippen molar-refractivity contribution in [3.63, 3.8) is 0 Å². The van der Waals surface area contributed by atoms with Crippen molar-refractivity contribution < 1.29 is 4.79 Å². The van der Waals surface area contributed by atoms with E-state index >= 15 is 0 Å². The van der Waals surface area contributed by atoms with E-state index < -0.39 is 0 Å². The molecule has 5 rings (SSSR count). The van der Waals surface area contributed by atoms with Crippen molar-refractivity contribution in [2.45, 2.75) is 37.5 Å². The van der Waals surface area contributed by atoms with Crippen molar-refractivity contribution in [2.24, 2.45) is 17.0 Å². The van der Waals surface area contributed by atoms with Crippen LogP contribution in [0.15, 0.2) is 22.2 Å². The molecule has 2 aliphatic heterocycles. The van der Waals surface area contributed by atoms with Crippen LogP contribution in [0.2, 0.25) is 0 Å². The molecule has 2 amide bonds. The molecule has 1 aliphatic carbocycles. The maximum Gasteiger partial charge on any atom is 0.323 e. The normalized spacial score (nSPS) is 29.3. The van der Waals surface area contributed by atoms with Gasteiger partial charge in [0.25, 0.3) is 0 Å². The van der Waals surface area contributed by atoms with E-state index in [9.17, 15) is 4.79 Å². The molecule has 8 nitrogen and oxygen atoms in total. The summed E-state index contributed by atoms with van der Waals surface area (Å²) in [4.78, 5) is 30.5. The first-order valence-electron chi connectivity index (χ1n) is 9.01. The van der Waals surface area contributed by atoms with Gasteiger partial charge in [-0.2, -0.15) is 5.10 Å². The van der Waals surface area contributed by atoms with Crippen LogP contribution in [0.1, 0.15) is 39.5 Å². The number of likely N-dealkylation sites (N-methyl/N-ethyl adjacent to an activating group) is 2. The number of aromatic nitrogens is 3. The molecule has 0 aromatic carbocycles. The zero-order chi connectivity index (χ0) is 18.9. The summed E-state index contributed by atoms with van der Waals surface area (Å²) in [6.07, 6.45) is 4.35. The van der Waals surface area contributed by atoms with Crippen molar-refractivity contribution in [2.75, 3.05) is 14.1 Å². The summed E-state index contributed by atoms with van der Waals surface area (Å²) in [6.45, 7) is 2.04. The number of carbonyl (C=O) groups is 1. The lowest BCUT2D eigenvalue weighted by Crippen LogP contribution is -2.36. The molecule has 9 heteroatoms. The SMILES string of the molecule is Cc1ncc(C2CC2c2cc(C3=NC4C(N=C3)N(C)C(=O)N4C)n(C)n2)s1. The van der Waals surface area contributed by atoms with Crippen LogP contribution in [0.5, 0.6) is 0 Å². The number of nitrogens with zero attached hydrogens (tertiary/aromatic N) is 7. The Bertz CT molecular complexity index is 990. The molecule has 0 radical (unpaired) electrons. The van der Waals surface area contributed by atoms with E-state index in [0.717, 1.165) is 28.5 Å². The molecular formula is C18H21N7OS. The van der Waals surface area contributed by atoms with Gasteiger partial charge in [0.05, 0.1) is 22.6 Å². The number of hydrogen-bond donors (Lipinski definition) is 0. The van der Waals surface area contributed by atoms with E-state index in [0.29, 0.717) is 11.8 Å². The lowest BCUT2D eigenvalue weighted by atomic mass is 10.1. The van der Waals surface area contributed by atoms with Gasteiger partial charge in [-0.25, -0.2) is 9.78 Å². The Morgan fingerprint density at radius 1 is 1.15 bits per heavy atom. The standard InChI is InChI=1S/C18H21N7OS/c1-9-19-8-15(27-9)11-5-10(11)12-6-14(25(4)22-12)13-7-20-16-17(21-13)24(3)18(26)23(16)2/h6-8,10-11,16-17H,5H2,1-4H3. The first kappa shape index (κ1) is 16.6. The quantitative estimate of drug-likeness (QED) is 0.813. The van der Waals surface area contributed by atoms with E-state index in [1.165, 1.54) is 4.88 Å². The Balaban J connectivity index is 1.40. The molecule has 2 aromatic rings. The molecular weight excluding hydrogens is 362 g/mol. The second-order valence-electron chi connectivity index (χ2n) is 7.43. The van der Waals surface area contributed by atoms with Gasteiger partial charge in [0, 0.05) is 44.1 Å². The Kier molecular flexibility index (Phi) is 3.52. The van der Waals surface area contributed by atoms with Crippen LogP contribution in [0, 0.1) is 6.92 Å². The second kappa shape index (κ2) is 5.72. The average molecular weight is 383 g/mol. The molecule has 0 bridgehead atoms. The molecule has 4 unspecified atom stereocenters. The van der Waals surface area contributed by atoms with E-state index in [-0.39, 0.29) is 18.4 Å². The number of fused-ring (bicyclic) bond motifs is 1. The number of urea groups is 1. The minimum atomic E-state index is -0.283. The highest BCUT2D eigenvalue weighted by atomic mass is 32.1. The minimum absolute atomic E-state index is 0.0569. The highest BCUT2D eigenvalue weighted by Gasteiger charge is 2.44. The summed E-state index contributed by atoms with van der Waals surface area (Å²) in [7, 11) is 5.47. The van der Waals surface area contributed by atoms with Gasteiger partial charge in [-0.3, -0.25) is 14.7 Å². The lowest BCUT2D eigenvalue weighted by Gasteiger charge is -2.22. The van der Waals surface area contributed by atoms with Crippen LogP contribution in [0.3, 0.4) is 0 Å². The van der Waals surface area contributed by atoms with Crippen LogP contribution < -0.4 is 0 Å². The fourth-order valence-corrected chi connectivity index (χ4v) is 4.92. The number of thiazole rings is 1. The molecule has 3 aliphatic rings. The summed E-state index contributed by atoms with van der Waals surface area (Å²) in [5.74, 6) is 0.970. The van der Waals surface area contributed by atoms with Crippen molar-refractivity contribution in [3.8, 4) is 0 Å². The maximum atomic E-state index is 12.1. The van der Waals surface area contributed by atoms with Gasteiger partial charge < -0.3 is 9.80 Å². The van der Waals surface area contributed by atoms with Crippen LogP contribution in [-0.2, 0) is 7.05 Å². The van der Waals surface area contributed by atoms with E-state index in [1.807, 2.05) is 24.9 Å². The fourth-order valence-electron chi connectivity index (χ4n) is 3.96. The van der Waals surface area contributed by atoms with Crippen LogP contribution in [0.25, 0.3) is 0 Å². The Morgan fingerprint density at radius 2 is 1.93 bits per heavy atom. The van der Waals surface area contributed by atoms with Gasteiger partial charge in [-0.1, -0.05) is 0 Å². The van der Waals surface area contributed by atoms with E-state index in [4.69, 9.17) is 10.1 Å². The van der Waals surface area contributed by atoms with Gasteiger partial charge in [-0.15, -0.1) is 11.3 Å². The number of rotatable bonds is 3. The Hall–Kier alpha value is -2.55. The van der Waals surface area contributed by atoms with Gasteiger partial charge in [0.15, 0.2) is 12.3 Å². The van der Waals surface area contributed by atoms with Gasteiger partial charge in [0.2, 0.25) is 0 Å². The summed E-state index contributed by atoms with van der Waals surface area (Å²) in [5, 5.41) is 5.84. The highest BCUT2D eigenvalue weighted by Crippen LogP contribution is 2.55. The van der Waals surface area contributed by atoms with Crippen molar-refractivity contribution >= 4 is 29.3 Å². The zero-order valence-electron chi connectivity index (χ0n) is 15.7. The average Bonchev–Trinajstić information content (AvgIpc) is 3.11. The predicted octanol–water partition coefficient (Wildman–Crippen LogP) is 1.98. The van der Waals surface area contributed by atoms with Crippen molar-refractivity contribution in [3.05, 3.63) is 33.5 Å². The molecule has 4 atom stereocenters. The topological polar surface area (TPSA) is 79.0 Å².